The smallest absolute Gasteiger partial charge is 0.251 e. The summed E-state index contributed by atoms with van der Waals surface area (Å²) in [4.78, 5) is 19.4. The molecule has 33 heavy (non-hydrogen) atoms. The van der Waals surface area contributed by atoms with Crippen LogP contribution in [-0.2, 0) is 6.42 Å². The molecule has 0 spiro atoms. The Hall–Kier alpha value is -3.71. The van der Waals surface area contributed by atoms with E-state index in [1.807, 2.05) is 62.6 Å². The van der Waals surface area contributed by atoms with Crippen molar-refractivity contribution in [1.82, 2.24) is 15.2 Å². The average Bonchev–Trinajstić information content (AvgIpc) is 2.82. The molecule has 4 rings (SSSR count). The molecule has 0 bridgehead atoms. The highest BCUT2D eigenvalue weighted by atomic mass is 16.5. The summed E-state index contributed by atoms with van der Waals surface area (Å²) < 4.78 is 6.05. The highest BCUT2D eigenvalue weighted by Crippen LogP contribution is 2.29. The van der Waals surface area contributed by atoms with E-state index in [0.29, 0.717) is 17.1 Å². The minimum absolute atomic E-state index is 0.0183. The number of anilines is 1. The standard InChI is InChI=1S/C26H29N5O2/c1-4-17-11-18(6-8-23(17)26(32)30-20-15-31(3)16-20)25-13-22(9-10-29-25)33-21-7-5-19(14-27)24(12-21)28-2/h5-14,20,27-28H,4,15-16H2,1-3H3,(H,30,32). The molecule has 1 fully saturated rings. The molecule has 7 heteroatoms. The lowest BCUT2D eigenvalue weighted by molar-refractivity contribution is 0.0857. The number of benzene rings is 2. The van der Waals surface area contributed by atoms with Crippen LogP contribution in [0.3, 0.4) is 0 Å². The van der Waals surface area contributed by atoms with Crippen LogP contribution in [0.15, 0.2) is 54.7 Å². The van der Waals surface area contributed by atoms with Crippen LogP contribution in [0.4, 0.5) is 5.69 Å². The van der Waals surface area contributed by atoms with Crippen molar-refractivity contribution in [3.63, 3.8) is 0 Å². The van der Waals surface area contributed by atoms with Gasteiger partial charge in [-0.3, -0.25) is 9.78 Å². The Morgan fingerprint density at radius 2 is 1.97 bits per heavy atom. The van der Waals surface area contributed by atoms with E-state index < -0.39 is 0 Å². The van der Waals surface area contributed by atoms with E-state index in [1.54, 1.807) is 6.20 Å². The van der Waals surface area contributed by atoms with E-state index >= 15 is 0 Å². The van der Waals surface area contributed by atoms with E-state index in [1.165, 1.54) is 6.21 Å². The van der Waals surface area contributed by atoms with Crippen molar-refractivity contribution in [2.75, 3.05) is 32.5 Å². The summed E-state index contributed by atoms with van der Waals surface area (Å²) in [5.41, 5.74) is 5.04. The average molecular weight is 444 g/mol. The van der Waals surface area contributed by atoms with Crippen LogP contribution in [0.2, 0.25) is 0 Å². The molecule has 7 nitrogen and oxygen atoms in total. The van der Waals surface area contributed by atoms with Crippen LogP contribution >= 0.6 is 0 Å². The molecule has 3 aromatic rings. The maximum atomic E-state index is 12.8. The van der Waals surface area contributed by atoms with Crippen molar-refractivity contribution in [2.45, 2.75) is 19.4 Å². The quantitative estimate of drug-likeness (QED) is 0.454. The Bertz CT molecular complexity index is 1170. The molecule has 2 heterocycles. The lowest BCUT2D eigenvalue weighted by atomic mass is 9.98. The van der Waals surface area contributed by atoms with Gasteiger partial charge in [0.1, 0.15) is 11.5 Å². The second-order valence-corrected chi connectivity index (χ2v) is 8.24. The number of likely N-dealkylation sites (N-methyl/N-ethyl adjacent to an activating group) is 1. The fourth-order valence-corrected chi connectivity index (χ4v) is 4.03. The van der Waals surface area contributed by atoms with Crippen LogP contribution in [0, 0.1) is 5.41 Å². The SMILES string of the molecule is CCc1cc(-c2cc(Oc3ccc(C=N)c(NC)c3)ccn2)ccc1C(=O)NC1CN(C)C1. The molecule has 3 N–H and O–H groups in total. The molecule has 0 radical (unpaired) electrons. The summed E-state index contributed by atoms with van der Waals surface area (Å²) >= 11 is 0. The van der Waals surface area contributed by atoms with Gasteiger partial charge in [-0.1, -0.05) is 13.0 Å². The first-order valence-electron chi connectivity index (χ1n) is 11.1. The molecule has 2 aromatic carbocycles. The van der Waals surface area contributed by atoms with E-state index in [0.717, 1.165) is 47.6 Å². The molecular weight excluding hydrogens is 414 g/mol. The van der Waals surface area contributed by atoms with Crippen molar-refractivity contribution >= 4 is 17.8 Å². The summed E-state index contributed by atoms with van der Waals surface area (Å²) in [5, 5.41) is 13.7. The maximum Gasteiger partial charge on any atom is 0.251 e. The normalized spacial score (nSPS) is 13.8. The summed E-state index contributed by atoms with van der Waals surface area (Å²) in [7, 11) is 3.86. The molecule has 1 aliphatic heterocycles. The van der Waals surface area contributed by atoms with Crippen molar-refractivity contribution in [2.24, 2.45) is 0 Å². The number of likely N-dealkylation sites (tertiary alicyclic amines) is 1. The second kappa shape index (κ2) is 9.83. The van der Waals surface area contributed by atoms with Crippen LogP contribution in [0.1, 0.15) is 28.4 Å². The molecule has 1 amide bonds. The number of ether oxygens (including phenoxy) is 1. The largest absolute Gasteiger partial charge is 0.457 e. The van der Waals surface area contributed by atoms with Crippen molar-refractivity contribution in [1.29, 1.82) is 5.41 Å². The van der Waals surface area contributed by atoms with Crippen LogP contribution in [-0.4, -0.2) is 55.2 Å². The predicted octanol–water partition coefficient (Wildman–Crippen LogP) is 4.19. The zero-order valence-electron chi connectivity index (χ0n) is 19.2. The van der Waals surface area contributed by atoms with Gasteiger partial charge in [0, 0.05) is 67.1 Å². The van der Waals surface area contributed by atoms with Gasteiger partial charge in [-0.25, -0.2) is 0 Å². The van der Waals surface area contributed by atoms with Gasteiger partial charge >= 0.3 is 0 Å². The molecule has 0 unspecified atom stereocenters. The second-order valence-electron chi connectivity index (χ2n) is 8.24. The van der Waals surface area contributed by atoms with Crippen LogP contribution < -0.4 is 15.4 Å². The molecule has 0 aliphatic carbocycles. The van der Waals surface area contributed by atoms with E-state index in [-0.39, 0.29) is 11.9 Å². The molecule has 1 aliphatic rings. The van der Waals surface area contributed by atoms with Gasteiger partial charge in [-0.15, -0.1) is 0 Å². The first-order chi connectivity index (χ1) is 16.0. The van der Waals surface area contributed by atoms with Crippen LogP contribution in [0.25, 0.3) is 11.3 Å². The van der Waals surface area contributed by atoms with Gasteiger partial charge in [0.25, 0.3) is 5.91 Å². The minimum atomic E-state index is -0.0183. The number of amides is 1. The Balaban J connectivity index is 1.54. The fraction of sp³-hybridized carbons (Fsp3) is 0.269. The van der Waals surface area contributed by atoms with Gasteiger partial charge in [0.05, 0.1) is 11.7 Å². The summed E-state index contributed by atoms with van der Waals surface area (Å²) in [6.07, 6.45) is 3.78. The number of hydrogen-bond acceptors (Lipinski definition) is 6. The summed E-state index contributed by atoms with van der Waals surface area (Å²) in [5.74, 6) is 1.32. The Morgan fingerprint density at radius 1 is 1.18 bits per heavy atom. The molecule has 1 saturated heterocycles. The minimum Gasteiger partial charge on any atom is -0.457 e. The summed E-state index contributed by atoms with van der Waals surface area (Å²) in [6, 6.07) is 15.3. The zero-order valence-corrected chi connectivity index (χ0v) is 19.2. The predicted molar refractivity (Wildman–Crippen MR) is 132 cm³/mol. The molecule has 0 saturated carbocycles. The number of carbonyl (C=O) groups excluding carboxylic acids is 1. The number of carbonyl (C=O) groups is 1. The van der Waals surface area contributed by atoms with E-state index in [2.05, 4.69) is 27.4 Å². The fourth-order valence-electron chi connectivity index (χ4n) is 4.03. The molecule has 0 atom stereocenters. The number of aromatic nitrogens is 1. The monoisotopic (exact) mass is 443 g/mol. The topological polar surface area (TPSA) is 90.3 Å². The Kier molecular flexibility index (Phi) is 6.70. The molecule has 1 aromatic heterocycles. The first kappa shape index (κ1) is 22.5. The van der Waals surface area contributed by atoms with Gasteiger partial charge < -0.3 is 25.7 Å². The maximum absolute atomic E-state index is 12.8. The highest BCUT2D eigenvalue weighted by Gasteiger charge is 2.25. The number of nitrogens with zero attached hydrogens (tertiary/aromatic N) is 2. The van der Waals surface area contributed by atoms with Gasteiger partial charge in [-0.2, -0.15) is 0 Å². The lowest BCUT2D eigenvalue weighted by Crippen LogP contribution is -2.57. The van der Waals surface area contributed by atoms with Crippen molar-refractivity contribution in [3.8, 4) is 22.8 Å². The van der Waals surface area contributed by atoms with Crippen molar-refractivity contribution < 1.29 is 9.53 Å². The third-order valence-electron chi connectivity index (χ3n) is 5.84. The number of aryl methyl sites for hydroxylation is 1. The number of pyridine rings is 1. The Labute approximate surface area is 194 Å². The highest BCUT2D eigenvalue weighted by molar-refractivity contribution is 5.96. The van der Waals surface area contributed by atoms with E-state index in [4.69, 9.17) is 10.1 Å². The van der Waals surface area contributed by atoms with Gasteiger partial charge in [0.2, 0.25) is 0 Å². The zero-order chi connectivity index (χ0) is 23.4. The Morgan fingerprint density at radius 3 is 2.67 bits per heavy atom. The van der Waals surface area contributed by atoms with Crippen LogP contribution in [0.5, 0.6) is 11.5 Å². The third kappa shape index (κ3) is 5.04. The summed E-state index contributed by atoms with van der Waals surface area (Å²) in [6.45, 7) is 3.83. The number of nitrogens with one attached hydrogen (secondary N) is 3. The number of rotatable bonds is 8. The van der Waals surface area contributed by atoms with E-state index in [9.17, 15) is 4.79 Å². The van der Waals surface area contributed by atoms with Crippen molar-refractivity contribution in [3.05, 3.63) is 71.4 Å². The third-order valence-corrected chi connectivity index (χ3v) is 5.84. The van der Waals surface area contributed by atoms with Gasteiger partial charge in [-0.05, 0) is 49.4 Å². The number of hydrogen-bond donors (Lipinski definition) is 3. The lowest BCUT2D eigenvalue weighted by Gasteiger charge is -2.36. The first-order valence-corrected chi connectivity index (χ1v) is 11.1. The molecular formula is C26H29N5O2. The molecule has 170 valence electrons. The van der Waals surface area contributed by atoms with Gasteiger partial charge in [0.15, 0.2) is 0 Å².